The summed E-state index contributed by atoms with van der Waals surface area (Å²) >= 11 is 0. The van der Waals surface area contributed by atoms with Crippen molar-refractivity contribution in [3.05, 3.63) is 34.4 Å². The number of hydrogen-bond acceptors (Lipinski definition) is 8. The first-order chi connectivity index (χ1) is 17.9. The van der Waals surface area contributed by atoms with Crippen LogP contribution in [0.1, 0.15) is 78.3 Å². The lowest BCUT2D eigenvalue weighted by Gasteiger charge is -2.42. The lowest BCUT2D eigenvalue weighted by molar-refractivity contribution is -0.136. The van der Waals surface area contributed by atoms with Gasteiger partial charge in [0.05, 0.1) is 16.7 Å². The molecular weight excluding hydrogens is 492 g/mol. The Kier molecular flexibility index (Phi) is 6.55. The van der Waals surface area contributed by atoms with E-state index in [1.165, 1.54) is 0 Å². The number of piperidine rings is 2. The number of nitrogens with zero attached hydrogens (tertiary/aromatic N) is 3. The molecule has 2 fully saturated rings. The molecule has 0 radical (unpaired) electrons. The van der Waals surface area contributed by atoms with Crippen LogP contribution in [0.5, 0.6) is 0 Å². The number of hydrogen-bond donors (Lipinski definition) is 1. The summed E-state index contributed by atoms with van der Waals surface area (Å²) in [6, 6.07) is 2.56. The molecule has 1 atom stereocenters. The van der Waals surface area contributed by atoms with Crippen LogP contribution in [-0.4, -0.2) is 88.4 Å². The van der Waals surface area contributed by atoms with Crippen molar-refractivity contribution < 1.29 is 33.4 Å². The minimum atomic E-state index is -0.973. The number of benzene rings is 1. The normalized spacial score (nSPS) is 23.4. The average Bonchev–Trinajstić information content (AvgIpc) is 3.34. The third-order valence-electron chi connectivity index (χ3n) is 7.82. The van der Waals surface area contributed by atoms with Crippen molar-refractivity contribution in [2.45, 2.75) is 76.8 Å². The van der Waals surface area contributed by atoms with Gasteiger partial charge in [-0.3, -0.25) is 34.3 Å². The summed E-state index contributed by atoms with van der Waals surface area (Å²) in [4.78, 5) is 67.6. The Labute approximate surface area is 221 Å². The first kappa shape index (κ1) is 26.3. The van der Waals surface area contributed by atoms with Crippen molar-refractivity contribution in [1.82, 2.24) is 20.0 Å². The van der Waals surface area contributed by atoms with E-state index in [0.717, 1.165) is 16.0 Å². The first-order valence-corrected chi connectivity index (χ1v) is 13.0. The fraction of sp³-hybridized carbons (Fsp3) is 0.593. The van der Waals surface area contributed by atoms with E-state index in [2.05, 4.69) is 10.2 Å². The van der Waals surface area contributed by atoms with Crippen molar-refractivity contribution in [3.8, 4) is 0 Å². The van der Waals surface area contributed by atoms with Gasteiger partial charge < -0.3 is 14.4 Å². The van der Waals surface area contributed by atoms with E-state index in [-0.39, 0.29) is 18.9 Å². The van der Waals surface area contributed by atoms with Gasteiger partial charge >= 0.3 is 6.09 Å². The number of carbonyl (C=O) groups excluding carboxylic acids is 5. The number of methoxy groups -OCH3 is 1. The molecule has 11 nitrogen and oxygen atoms in total. The second kappa shape index (κ2) is 9.46. The molecule has 1 unspecified atom stereocenters. The maximum atomic E-state index is 13.2. The summed E-state index contributed by atoms with van der Waals surface area (Å²) in [6.45, 7) is 8.48. The van der Waals surface area contributed by atoms with Crippen molar-refractivity contribution in [2.24, 2.45) is 0 Å². The Morgan fingerprint density at radius 1 is 1.03 bits per heavy atom. The van der Waals surface area contributed by atoms with Crippen LogP contribution >= 0.6 is 0 Å². The molecule has 1 aromatic carbocycles. The highest BCUT2D eigenvalue weighted by molar-refractivity contribution is 6.23. The van der Waals surface area contributed by atoms with Gasteiger partial charge in [-0.1, -0.05) is 0 Å². The van der Waals surface area contributed by atoms with Crippen molar-refractivity contribution >= 4 is 29.7 Å². The summed E-state index contributed by atoms with van der Waals surface area (Å²) in [5.41, 5.74) is 1.56. The maximum absolute atomic E-state index is 13.2. The molecule has 38 heavy (non-hydrogen) atoms. The zero-order valence-corrected chi connectivity index (χ0v) is 22.3. The number of amides is 5. The van der Waals surface area contributed by atoms with E-state index in [1.54, 1.807) is 24.1 Å². The van der Waals surface area contributed by atoms with Crippen molar-refractivity contribution in [2.75, 3.05) is 26.7 Å². The number of fused-ring (bicyclic) bond motifs is 2. The molecule has 1 N–H and O–H groups in total. The summed E-state index contributed by atoms with van der Waals surface area (Å²) in [5.74, 6) is -2.00. The average molecular weight is 527 g/mol. The van der Waals surface area contributed by atoms with E-state index in [9.17, 15) is 24.0 Å². The van der Waals surface area contributed by atoms with Gasteiger partial charge in [-0.05, 0) is 63.3 Å². The Balaban J connectivity index is 1.25. The standard InChI is InChI=1S/C27H34N4O7/c1-26(2,3)38-25(36)30-9-7-27(37-4,8-10-30)15-29-13-16-11-18-19(12-17(16)14-29)24(35)31(23(18)34)20-5-6-21(32)28-22(20)33/h11-12,20H,5-10,13-15H2,1-4H3,(H,28,32,33). The van der Waals surface area contributed by atoms with Gasteiger partial charge in [0.15, 0.2) is 0 Å². The van der Waals surface area contributed by atoms with Crippen LogP contribution in [0.2, 0.25) is 0 Å². The predicted octanol–water partition coefficient (Wildman–Crippen LogP) is 1.82. The number of rotatable bonds is 4. The van der Waals surface area contributed by atoms with Gasteiger partial charge in [-0.25, -0.2) is 4.79 Å². The quantitative estimate of drug-likeness (QED) is 0.589. The third-order valence-corrected chi connectivity index (χ3v) is 7.82. The molecule has 0 aromatic heterocycles. The van der Waals surface area contributed by atoms with Gasteiger partial charge in [-0.15, -0.1) is 0 Å². The molecular formula is C27H34N4O7. The summed E-state index contributed by atoms with van der Waals surface area (Å²) in [5, 5.41) is 2.22. The number of carbonyl (C=O) groups is 5. The lowest BCUT2D eigenvalue weighted by Crippen LogP contribution is -2.54. The second-order valence-corrected chi connectivity index (χ2v) is 11.6. The van der Waals surface area contributed by atoms with Gasteiger partial charge in [0.2, 0.25) is 11.8 Å². The molecule has 4 aliphatic heterocycles. The number of ether oxygens (including phenoxy) is 2. The van der Waals surface area contributed by atoms with E-state index >= 15 is 0 Å². The lowest BCUT2D eigenvalue weighted by atomic mass is 9.90. The van der Waals surface area contributed by atoms with Crippen LogP contribution in [0.3, 0.4) is 0 Å². The molecule has 4 aliphatic rings. The van der Waals surface area contributed by atoms with Crippen LogP contribution in [0.25, 0.3) is 0 Å². The third kappa shape index (κ3) is 4.80. The SMILES string of the molecule is COC1(CN2Cc3cc4c(cc3C2)C(=O)N(C2CCC(=O)NC2=O)C4=O)CCN(C(=O)OC(C)(C)C)CC1. The van der Waals surface area contributed by atoms with Crippen LogP contribution in [-0.2, 0) is 32.2 Å². The van der Waals surface area contributed by atoms with Gasteiger partial charge in [0.1, 0.15) is 11.6 Å². The Hall–Kier alpha value is -3.31. The molecule has 0 spiro atoms. The minimum absolute atomic E-state index is 0.0893. The van der Waals surface area contributed by atoms with E-state index in [4.69, 9.17) is 9.47 Å². The molecule has 5 amide bonds. The van der Waals surface area contributed by atoms with Crippen LogP contribution in [0.15, 0.2) is 12.1 Å². The highest BCUT2D eigenvalue weighted by Gasteiger charge is 2.46. The van der Waals surface area contributed by atoms with Crippen molar-refractivity contribution in [1.29, 1.82) is 0 Å². The summed E-state index contributed by atoms with van der Waals surface area (Å²) < 4.78 is 11.5. The second-order valence-electron chi connectivity index (χ2n) is 11.6. The highest BCUT2D eigenvalue weighted by atomic mass is 16.6. The molecule has 0 bridgehead atoms. The van der Waals surface area contributed by atoms with E-state index in [1.807, 2.05) is 20.8 Å². The summed E-state index contributed by atoms with van der Waals surface area (Å²) in [7, 11) is 1.70. The molecule has 5 rings (SSSR count). The van der Waals surface area contributed by atoms with Crippen LogP contribution in [0.4, 0.5) is 4.79 Å². The largest absolute Gasteiger partial charge is 0.444 e. The molecule has 204 valence electrons. The predicted molar refractivity (Wildman–Crippen MR) is 134 cm³/mol. The Bertz CT molecular complexity index is 1170. The zero-order chi connectivity index (χ0) is 27.4. The Morgan fingerprint density at radius 3 is 2.11 bits per heavy atom. The molecule has 11 heteroatoms. The first-order valence-electron chi connectivity index (χ1n) is 13.0. The smallest absolute Gasteiger partial charge is 0.410 e. The van der Waals surface area contributed by atoms with Gasteiger partial charge in [-0.2, -0.15) is 0 Å². The topological polar surface area (TPSA) is 126 Å². The molecule has 0 aliphatic carbocycles. The fourth-order valence-electron chi connectivity index (χ4n) is 5.81. The van der Waals surface area contributed by atoms with Crippen LogP contribution in [0, 0.1) is 0 Å². The fourth-order valence-corrected chi connectivity index (χ4v) is 5.81. The van der Waals surface area contributed by atoms with Gasteiger partial charge in [0, 0.05) is 46.3 Å². The summed E-state index contributed by atoms with van der Waals surface area (Å²) in [6.07, 6.45) is 1.25. The highest BCUT2D eigenvalue weighted by Crippen LogP contribution is 2.35. The maximum Gasteiger partial charge on any atom is 0.410 e. The van der Waals surface area contributed by atoms with E-state index < -0.39 is 40.9 Å². The number of nitrogens with one attached hydrogen (secondary N) is 1. The molecule has 2 saturated heterocycles. The minimum Gasteiger partial charge on any atom is -0.444 e. The monoisotopic (exact) mass is 526 g/mol. The van der Waals surface area contributed by atoms with Crippen LogP contribution < -0.4 is 5.32 Å². The van der Waals surface area contributed by atoms with E-state index in [0.29, 0.717) is 56.7 Å². The number of imide groups is 2. The zero-order valence-electron chi connectivity index (χ0n) is 22.3. The van der Waals surface area contributed by atoms with Crippen molar-refractivity contribution in [3.63, 3.8) is 0 Å². The molecule has 1 aromatic rings. The number of likely N-dealkylation sites (tertiary alicyclic amines) is 1. The molecule has 0 saturated carbocycles. The Morgan fingerprint density at radius 2 is 1.61 bits per heavy atom. The molecule has 4 heterocycles. The van der Waals surface area contributed by atoms with Gasteiger partial charge in [0.25, 0.3) is 11.8 Å².